The molecule has 0 atom stereocenters. The number of hydrogen-bond acceptors (Lipinski definition) is 8. The van der Waals surface area contributed by atoms with E-state index in [9.17, 15) is 18.7 Å². The minimum absolute atomic E-state index is 0.00437. The van der Waals surface area contributed by atoms with Crippen molar-refractivity contribution >= 4 is 26.9 Å². The van der Waals surface area contributed by atoms with Gasteiger partial charge in [-0.15, -0.1) is 0 Å². The predicted molar refractivity (Wildman–Crippen MR) is 107 cm³/mol. The molecule has 28 heavy (non-hydrogen) atoms. The van der Waals surface area contributed by atoms with Crippen LogP contribution in [0.4, 0.5) is 0 Å². The molecule has 0 aliphatic rings. The van der Waals surface area contributed by atoms with Crippen LogP contribution in [0.1, 0.15) is 61.3 Å². The number of amides is 1. The van der Waals surface area contributed by atoms with Crippen LogP contribution < -0.4 is 5.32 Å². The summed E-state index contributed by atoms with van der Waals surface area (Å²) in [7, 11) is -8.15. The van der Waals surface area contributed by atoms with E-state index < -0.39 is 32.0 Å². The van der Waals surface area contributed by atoms with Crippen LogP contribution in [0.5, 0.6) is 0 Å². The summed E-state index contributed by atoms with van der Waals surface area (Å²) in [5, 5.41) is 2.43. The molecule has 0 saturated carbocycles. The third-order valence-corrected chi connectivity index (χ3v) is 9.17. The Morgan fingerprint density at radius 1 is 0.786 bits per heavy atom. The quantitative estimate of drug-likeness (QED) is 0.395. The number of nitrogens with one attached hydrogen (secondary N) is 1. The molecule has 0 aromatic heterocycles. The fourth-order valence-electron chi connectivity index (χ4n) is 2.23. The topological polar surface area (TPSA) is 117 Å². The maximum absolute atomic E-state index is 13.3. The van der Waals surface area contributed by atoms with Crippen LogP contribution in [0, 0.1) is 5.41 Å². The third-order valence-electron chi connectivity index (χ3n) is 3.54. The first kappa shape index (κ1) is 27.4. The zero-order valence-electron chi connectivity index (χ0n) is 18.0. The molecule has 166 valence electrons. The van der Waals surface area contributed by atoms with Crippen molar-refractivity contribution in [2.45, 2.75) is 66.8 Å². The zero-order valence-corrected chi connectivity index (χ0v) is 19.8. The molecule has 0 bridgehead atoms. The highest BCUT2D eigenvalue weighted by atomic mass is 31.2. The van der Waals surface area contributed by atoms with Crippen molar-refractivity contribution in [3.05, 3.63) is 0 Å². The van der Waals surface area contributed by atoms with Crippen LogP contribution in [-0.2, 0) is 36.8 Å². The summed E-state index contributed by atoms with van der Waals surface area (Å²) in [5.41, 5.74) is -2.21. The molecule has 0 aliphatic heterocycles. The number of ketones is 1. The fourth-order valence-corrected chi connectivity index (χ4v) is 7.17. The van der Waals surface area contributed by atoms with Crippen molar-refractivity contribution in [3.63, 3.8) is 0 Å². The summed E-state index contributed by atoms with van der Waals surface area (Å²) in [4.78, 5) is 24.5. The van der Waals surface area contributed by atoms with Gasteiger partial charge in [-0.2, -0.15) is 0 Å². The Labute approximate surface area is 168 Å². The lowest BCUT2D eigenvalue weighted by Gasteiger charge is -2.31. The molecular formula is C17H35NO8P2. The lowest BCUT2D eigenvalue weighted by molar-refractivity contribution is -0.129. The highest BCUT2D eigenvalue weighted by molar-refractivity contribution is 7.72. The van der Waals surface area contributed by atoms with Crippen molar-refractivity contribution in [3.8, 4) is 0 Å². The molecule has 0 spiro atoms. The minimum atomic E-state index is -4.07. The molecule has 1 N–H and O–H groups in total. The van der Waals surface area contributed by atoms with Gasteiger partial charge in [0.05, 0.1) is 26.4 Å². The molecule has 0 heterocycles. The van der Waals surface area contributed by atoms with Crippen molar-refractivity contribution in [1.29, 1.82) is 0 Å². The van der Waals surface area contributed by atoms with Crippen LogP contribution in [0.3, 0.4) is 0 Å². The lowest BCUT2D eigenvalue weighted by atomic mass is 9.88. The summed E-state index contributed by atoms with van der Waals surface area (Å²) in [6, 6.07) is 0. The van der Waals surface area contributed by atoms with E-state index in [2.05, 4.69) is 5.32 Å². The predicted octanol–water partition coefficient (Wildman–Crippen LogP) is 4.31. The Hall–Kier alpha value is -0.560. The Morgan fingerprint density at radius 3 is 1.43 bits per heavy atom. The Balaban J connectivity index is 5.72. The second kappa shape index (κ2) is 12.2. The normalized spacial score (nSPS) is 13.0. The highest BCUT2D eigenvalue weighted by Crippen LogP contribution is 2.69. The second-order valence-corrected chi connectivity index (χ2v) is 11.5. The largest absolute Gasteiger partial charge is 0.365 e. The zero-order chi connectivity index (χ0) is 22.0. The first-order valence-electron chi connectivity index (χ1n) is 9.50. The van der Waals surface area contributed by atoms with Crippen molar-refractivity contribution < 1.29 is 36.8 Å². The van der Waals surface area contributed by atoms with Crippen LogP contribution in [-0.4, -0.2) is 43.6 Å². The maximum atomic E-state index is 13.3. The van der Waals surface area contributed by atoms with Gasteiger partial charge in [0.25, 0.3) is 0 Å². The molecule has 0 aromatic carbocycles. The van der Waals surface area contributed by atoms with Crippen molar-refractivity contribution in [1.82, 2.24) is 5.32 Å². The monoisotopic (exact) mass is 443 g/mol. The van der Waals surface area contributed by atoms with E-state index >= 15 is 0 Å². The van der Waals surface area contributed by atoms with Gasteiger partial charge in [-0.25, -0.2) is 0 Å². The van der Waals surface area contributed by atoms with Crippen molar-refractivity contribution in [2.24, 2.45) is 5.41 Å². The number of carbonyl (C=O) groups excluding carboxylic acids is 2. The van der Waals surface area contributed by atoms with Gasteiger partial charge < -0.3 is 23.4 Å². The van der Waals surface area contributed by atoms with Gasteiger partial charge in [-0.3, -0.25) is 18.7 Å². The van der Waals surface area contributed by atoms with Gasteiger partial charge in [0.1, 0.15) is 5.78 Å². The molecule has 0 aromatic rings. The van der Waals surface area contributed by atoms with E-state index in [1.165, 1.54) is 0 Å². The lowest BCUT2D eigenvalue weighted by Crippen LogP contribution is -2.37. The van der Waals surface area contributed by atoms with E-state index in [1.54, 1.807) is 48.5 Å². The van der Waals surface area contributed by atoms with E-state index in [4.69, 9.17) is 18.1 Å². The average molecular weight is 443 g/mol. The molecule has 0 aliphatic carbocycles. The highest BCUT2D eigenvalue weighted by Gasteiger charge is 2.52. The summed E-state index contributed by atoms with van der Waals surface area (Å²) in [6.45, 7) is 11.7. The molecule has 0 unspecified atom stereocenters. The first-order valence-corrected chi connectivity index (χ1v) is 12.7. The number of hydrogen-bond donors (Lipinski definition) is 1. The minimum Gasteiger partial charge on any atom is -0.332 e. The summed E-state index contributed by atoms with van der Waals surface area (Å²) >= 11 is 0. The van der Waals surface area contributed by atoms with Crippen LogP contribution in [0.25, 0.3) is 0 Å². The smallest absolute Gasteiger partial charge is 0.332 e. The molecule has 0 fully saturated rings. The van der Waals surface area contributed by atoms with Crippen LogP contribution in [0.2, 0.25) is 0 Å². The average Bonchev–Trinajstić information content (AvgIpc) is 2.57. The Kier molecular flexibility index (Phi) is 12.0. The van der Waals surface area contributed by atoms with E-state index in [0.717, 1.165) is 0 Å². The maximum Gasteiger partial charge on any atom is 0.365 e. The van der Waals surface area contributed by atoms with Gasteiger partial charge >= 0.3 is 15.2 Å². The summed E-state index contributed by atoms with van der Waals surface area (Å²) < 4.78 is 47.7. The fraction of sp³-hybridized carbons (Fsp3) is 0.882. The number of Topliss-reactive ketones (excluding diaryl/α,β-unsaturated/α-hetero) is 1. The van der Waals surface area contributed by atoms with Crippen LogP contribution >= 0.6 is 15.2 Å². The molecule has 0 rings (SSSR count). The molecule has 9 nitrogen and oxygen atoms in total. The molecular weight excluding hydrogens is 408 g/mol. The molecule has 0 saturated heterocycles. The van der Waals surface area contributed by atoms with E-state index in [1.807, 2.05) is 0 Å². The molecule has 0 radical (unpaired) electrons. The van der Waals surface area contributed by atoms with Crippen molar-refractivity contribution in [2.75, 3.05) is 26.4 Å². The Bertz CT molecular complexity index is 552. The van der Waals surface area contributed by atoms with Gasteiger partial charge in [-0.1, -0.05) is 20.8 Å². The number of rotatable bonds is 14. The Morgan fingerprint density at radius 2 is 1.14 bits per heavy atom. The SMILES string of the molecule is CCOP(=O)(OCC)C(NC(=O)CCC(=O)C(C)(C)C)P(=O)(OCC)OCC. The van der Waals surface area contributed by atoms with Crippen LogP contribution in [0.15, 0.2) is 0 Å². The van der Waals surface area contributed by atoms with Gasteiger partial charge in [0, 0.05) is 18.3 Å². The van der Waals surface area contributed by atoms with Gasteiger partial charge in [0.15, 0.2) is 0 Å². The molecule has 1 amide bonds. The summed E-state index contributed by atoms with van der Waals surface area (Å²) in [5.74, 6) is -0.725. The van der Waals surface area contributed by atoms with Gasteiger partial charge in [-0.05, 0) is 27.7 Å². The molecule has 11 heteroatoms. The van der Waals surface area contributed by atoms with E-state index in [-0.39, 0.29) is 45.1 Å². The summed E-state index contributed by atoms with van der Waals surface area (Å²) in [6.07, 6.45) is -0.174. The first-order chi connectivity index (χ1) is 12.9. The second-order valence-electron chi connectivity index (χ2n) is 6.87. The standard InChI is InChI=1S/C17H35NO8P2/c1-8-23-27(21,24-9-2)16(28(22,25-10-3)26-11-4)18-15(20)13-12-14(19)17(5,6)7/h16H,8-13H2,1-7H3,(H,18,20). The van der Waals surface area contributed by atoms with Gasteiger partial charge in [0.2, 0.25) is 11.4 Å². The third kappa shape index (κ3) is 8.44. The number of carbonyl (C=O) groups is 2. The van der Waals surface area contributed by atoms with E-state index in [0.29, 0.717) is 0 Å².